The number of hydrogen-bond acceptors (Lipinski definition) is 6. The summed E-state index contributed by atoms with van der Waals surface area (Å²) in [5, 5.41) is 20.7. The monoisotopic (exact) mass is 411 g/mol. The summed E-state index contributed by atoms with van der Waals surface area (Å²) in [6.07, 6.45) is 4.69. The predicted molar refractivity (Wildman–Crippen MR) is 101 cm³/mol. The minimum Gasteiger partial charge on any atom is -0.475 e. The Balaban J connectivity index is 1.56. The van der Waals surface area contributed by atoms with E-state index in [4.69, 9.17) is 5.11 Å². The quantitative estimate of drug-likeness (QED) is 0.531. The Hall–Kier alpha value is -3.89. The number of carboxylic acids is 1. The smallest absolute Gasteiger partial charge is 0.373 e. The van der Waals surface area contributed by atoms with Crippen molar-refractivity contribution in [1.29, 1.82) is 0 Å². The van der Waals surface area contributed by atoms with E-state index in [2.05, 4.69) is 25.3 Å². The molecule has 0 saturated carbocycles. The Morgan fingerprint density at radius 3 is 2.90 bits per heavy atom. The van der Waals surface area contributed by atoms with Gasteiger partial charge in [0.05, 0.1) is 17.8 Å². The number of carboxylic acid groups (broad SMARTS) is 1. The molecule has 0 spiro atoms. The van der Waals surface area contributed by atoms with Crippen LogP contribution in [-0.4, -0.2) is 47.4 Å². The third kappa shape index (κ3) is 2.95. The van der Waals surface area contributed by atoms with Crippen molar-refractivity contribution >= 4 is 17.4 Å². The molecule has 11 heteroatoms. The van der Waals surface area contributed by atoms with Crippen LogP contribution in [0.5, 0.6) is 0 Å². The first-order chi connectivity index (χ1) is 14.5. The number of nitrogens with zero attached hydrogens (tertiary/aromatic N) is 6. The van der Waals surface area contributed by atoms with Crippen molar-refractivity contribution < 1.29 is 18.7 Å². The van der Waals surface area contributed by atoms with Crippen molar-refractivity contribution in [2.75, 3.05) is 11.4 Å². The summed E-state index contributed by atoms with van der Waals surface area (Å²) in [6.45, 7) is 0.638. The van der Waals surface area contributed by atoms with Crippen LogP contribution < -0.4 is 4.90 Å². The van der Waals surface area contributed by atoms with Gasteiger partial charge in [0.2, 0.25) is 5.82 Å². The molecule has 1 atom stereocenters. The second-order valence-corrected chi connectivity index (χ2v) is 6.96. The average molecular weight is 411 g/mol. The fourth-order valence-electron chi connectivity index (χ4n) is 3.80. The molecule has 152 valence electrons. The zero-order valence-electron chi connectivity index (χ0n) is 15.5. The zero-order valence-corrected chi connectivity index (χ0v) is 15.5. The van der Waals surface area contributed by atoms with Gasteiger partial charge in [0.1, 0.15) is 17.5 Å². The topological polar surface area (TPSA) is 112 Å². The van der Waals surface area contributed by atoms with Crippen LogP contribution in [0.3, 0.4) is 0 Å². The van der Waals surface area contributed by atoms with Gasteiger partial charge in [-0.1, -0.05) is 0 Å². The van der Waals surface area contributed by atoms with E-state index in [0.717, 1.165) is 18.6 Å². The SMILES string of the molecule is O=C(O)c1nnc(-c2cnn3ccc(N4CCC[C@@H]4c4cc(F)ccc4F)nc23)[nH]1. The normalized spacial score (nSPS) is 16.5. The summed E-state index contributed by atoms with van der Waals surface area (Å²) in [5.74, 6) is -1.66. The second kappa shape index (κ2) is 6.87. The first-order valence-corrected chi connectivity index (χ1v) is 9.23. The highest BCUT2D eigenvalue weighted by Crippen LogP contribution is 2.37. The lowest BCUT2D eigenvalue weighted by Crippen LogP contribution is -2.24. The van der Waals surface area contributed by atoms with E-state index in [-0.39, 0.29) is 17.7 Å². The Morgan fingerprint density at radius 1 is 1.23 bits per heavy atom. The lowest BCUT2D eigenvalue weighted by molar-refractivity contribution is 0.0684. The lowest BCUT2D eigenvalue weighted by Gasteiger charge is -2.26. The summed E-state index contributed by atoms with van der Waals surface area (Å²) in [7, 11) is 0. The minimum absolute atomic E-state index is 0.223. The average Bonchev–Trinajstić information content (AvgIpc) is 3.47. The first kappa shape index (κ1) is 18.2. The van der Waals surface area contributed by atoms with Gasteiger partial charge in [0.15, 0.2) is 11.5 Å². The molecular formula is C19H15F2N7O2. The van der Waals surface area contributed by atoms with Crippen molar-refractivity contribution in [3.8, 4) is 11.4 Å². The predicted octanol–water partition coefficient (Wildman–Crippen LogP) is 2.83. The van der Waals surface area contributed by atoms with Gasteiger partial charge in [-0.15, -0.1) is 10.2 Å². The Bertz CT molecular complexity index is 1270. The molecule has 5 rings (SSSR count). The van der Waals surface area contributed by atoms with Crippen LogP contribution in [-0.2, 0) is 0 Å². The highest BCUT2D eigenvalue weighted by molar-refractivity contribution is 5.84. The largest absolute Gasteiger partial charge is 0.475 e. The second-order valence-electron chi connectivity index (χ2n) is 6.96. The number of fused-ring (bicyclic) bond motifs is 1. The molecule has 30 heavy (non-hydrogen) atoms. The molecule has 0 amide bonds. The highest BCUT2D eigenvalue weighted by Gasteiger charge is 2.30. The maximum absolute atomic E-state index is 14.4. The first-order valence-electron chi connectivity index (χ1n) is 9.23. The maximum Gasteiger partial charge on any atom is 0.373 e. The molecule has 1 aromatic carbocycles. The van der Waals surface area contributed by atoms with Gasteiger partial charge in [-0.05, 0) is 37.1 Å². The highest BCUT2D eigenvalue weighted by atomic mass is 19.1. The van der Waals surface area contributed by atoms with Gasteiger partial charge >= 0.3 is 5.97 Å². The Kier molecular flexibility index (Phi) is 4.16. The number of rotatable bonds is 4. The molecule has 4 heterocycles. The third-order valence-corrected chi connectivity index (χ3v) is 5.16. The number of halogens is 2. The number of anilines is 1. The fourth-order valence-corrected chi connectivity index (χ4v) is 3.80. The molecule has 1 aliphatic heterocycles. The zero-order chi connectivity index (χ0) is 20.8. The van der Waals surface area contributed by atoms with Crippen molar-refractivity contribution in [2.24, 2.45) is 0 Å². The lowest BCUT2D eigenvalue weighted by atomic mass is 10.0. The molecule has 4 aromatic rings. The van der Waals surface area contributed by atoms with Crippen molar-refractivity contribution in [1.82, 2.24) is 29.8 Å². The van der Waals surface area contributed by atoms with E-state index in [0.29, 0.717) is 35.6 Å². The number of aromatic nitrogens is 6. The van der Waals surface area contributed by atoms with E-state index in [1.807, 2.05) is 4.90 Å². The number of aromatic carboxylic acids is 1. The summed E-state index contributed by atoms with van der Waals surface area (Å²) in [4.78, 5) is 20.3. The molecule has 0 aliphatic carbocycles. The van der Waals surface area contributed by atoms with Crippen LogP contribution in [0, 0.1) is 11.6 Å². The summed E-state index contributed by atoms with van der Waals surface area (Å²) >= 11 is 0. The van der Waals surface area contributed by atoms with Crippen LogP contribution >= 0.6 is 0 Å². The molecule has 1 aliphatic rings. The summed E-state index contributed by atoms with van der Waals surface area (Å²) in [6, 6.07) is 4.87. The van der Waals surface area contributed by atoms with Crippen LogP contribution in [0.1, 0.15) is 35.1 Å². The maximum atomic E-state index is 14.4. The van der Waals surface area contributed by atoms with E-state index >= 15 is 0 Å². The molecular weight excluding hydrogens is 396 g/mol. The molecule has 0 unspecified atom stereocenters. The molecule has 2 N–H and O–H groups in total. The number of carbonyl (C=O) groups is 1. The van der Waals surface area contributed by atoms with Crippen molar-refractivity contribution in [3.63, 3.8) is 0 Å². The van der Waals surface area contributed by atoms with Gasteiger partial charge in [-0.3, -0.25) is 0 Å². The van der Waals surface area contributed by atoms with E-state index in [9.17, 15) is 13.6 Å². The van der Waals surface area contributed by atoms with Crippen LogP contribution in [0.15, 0.2) is 36.7 Å². The molecule has 3 aromatic heterocycles. The number of hydrogen-bond donors (Lipinski definition) is 2. The third-order valence-electron chi connectivity index (χ3n) is 5.16. The standard InChI is InChI=1S/C19H15F2N7O2/c20-10-3-4-13(21)11(8-10)14-2-1-6-27(14)15-5-7-28-18(23-15)12(9-22-28)16-24-17(19(29)30)26-25-16/h3-5,7-9,14H,1-2,6H2,(H,29,30)(H,24,25,26)/t14-/m1/s1. The van der Waals surface area contributed by atoms with Gasteiger partial charge < -0.3 is 15.0 Å². The van der Waals surface area contributed by atoms with E-state index in [1.54, 1.807) is 12.3 Å². The minimum atomic E-state index is -1.23. The summed E-state index contributed by atoms with van der Waals surface area (Å²) in [5.41, 5.74) is 1.21. The molecule has 1 saturated heterocycles. The van der Waals surface area contributed by atoms with Crippen molar-refractivity contribution in [3.05, 3.63) is 59.7 Å². The fraction of sp³-hybridized carbons (Fsp3) is 0.211. The Labute approximate surface area is 168 Å². The summed E-state index contributed by atoms with van der Waals surface area (Å²) < 4.78 is 29.6. The number of nitrogens with one attached hydrogen (secondary N) is 1. The van der Waals surface area contributed by atoms with E-state index in [1.165, 1.54) is 16.8 Å². The van der Waals surface area contributed by atoms with Crippen LogP contribution in [0.25, 0.3) is 17.0 Å². The molecule has 1 fully saturated rings. The van der Waals surface area contributed by atoms with Crippen molar-refractivity contribution in [2.45, 2.75) is 18.9 Å². The van der Waals surface area contributed by atoms with Gasteiger partial charge in [0, 0.05) is 18.3 Å². The molecule has 0 bridgehead atoms. The van der Waals surface area contributed by atoms with Crippen LogP contribution in [0.2, 0.25) is 0 Å². The van der Waals surface area contributed by atoms with Gasteiger partial charge in [-0.2, -0.15) is 5.10 Å². The van der Waals surface area contributed by atoms with Gasteiger partial charge in [-0.25, -0.2) is 23.1 Å². The van der Waals surface area contributed by atoms with Crippen LogP contribution in [0.4, 0.5) is 14.6 Å². The van der Waals surface area contributed by atoms with E-state index < -0.39 is 17.6 Å². The molecule has 0 radical (unpaired) electrons. The molecule has 9 nitrogen and oxygen atoms in total. The number of benzene rings is 1. The Morgan fingerprint density at radius 2 is 2.10 bits per heavy atom. The number of H-pyrrole nitrogens is 1. The number of aromatic amines is 1. The van der Waals surface area contributed by atoms with Gasteiger partial charge in [0.25, 0.3) is 0 Å².